The van der Waals surface area contributed by atoms with E-state index >= 15 is 0 Å². The summed E-state index contributed by atoms with van der Waals surface area (Å²) in [5.41, 5.74) is 5.22. The van der Waals surface area contributed by atoms with Crippen molar-refractivity contribution in [2.75, 3.05) is 6.54 Å². The first-order valence-corrected chi connectivity index (χ1v) is 7.34. The predicted octanol–water partition coefficient (Wildman–Crippen LogP) is -6.14. The standard InChI is InChI=1S/C6H16NO4P.2Na.HO3P.2H/c7-5-3-1-2-4-6(8)12(9,10)11;;;1-4(2)3;;/h6,8H,1-5,7H2,(H2,9,10,11);;;(H-,1,2,3);;/q;2*+1;;2*-1/p+1. The molecule has 0 rings (SSSR count). The van der Waals surface area contributed by atoms with E-state index in [1.54, 1.807) is 0 Å². The maximum absolute atomic E-state index is 10.4. The van der Waals surface area contributed by atoms with Gasteiger partial charge < -0.3 is 23.5 Å². The average Bonchev–Trinajstić information content (AvgIpc) is 2.09. The first-order valence-electron chi connectivity index (χ1n) is 4.50. The zero-order valence-electron chi connectivity index (χ0n) is 12.6. The van der Waals surface area contributed by atoms with Crippen LogP contribution in [0.3, 0.4) is 0 Å². The van der Waals surface area contributed by atoms with Gasteiger partial charge in [0.25, 0.3) is 0 Å². The van der Waals surface area contributed by atoms with E-state index in [1.165, 1.54) is 0 Å². The first-order chi connectivity index (χ1) is 7.21. The van der Waals surface area contributed by atoms with Crippen molar-refractivity contribution in [2.24, 2.45) is 5.73 Å². The summed E-state index contributed by atoms with van der Waals surface area (Å²) >= 11 is 0. The third kappa shape index (κ3) is 26.6. The minimum Gasteiger partial charge on any atom is -1.00 e. The summed E-state index contributed by atoms with van der Waals surface area (Å²) in [6, 6.07) is 0. The van der Waals surface area contributed by atoms with Gasteiger partial charge in [0, 0.05) is 4.57 Å². The van der Waals surface area contributed by atoms with Crippen LogP contribution in [-0.2, 0) is 9.13 Å². The van der Waals surface area contributed by atoms with Crippen molar-refractivity contribution in [1.82, 2.24) is 0 Å². The molecule has 0 spiro atoms. The minimum atomic E-state index is -4.28. The Hall–Kier alpha value is 2.09. The zero-order valence-corrected chi connectivity index (χ0v) is 16.4. The number of unbranched alkanes of at least 4 members (excludes halogenated alkanes) is 2. The Balaban J connectivity index is -0.0000000547. The Morgan fingerprint density at radius 3 is 1.83 bits per heavy atom. The molecule has 12 heteroatoms. The number of aliphatic hydroxyl groups excluding tert-OH is 1. The van der Waals surface area contributed by atoms with E-state index in [2.05, 4.69) is 0 Å². The number of rotatable bonds is 6. The molecule has 0 aliphatic carbocycles. The van der Waals surface area contributed by atoms with Crippen molar-refractivity contribution in [3.63, 3.8) is 0 Å². The van der Waals surface area contributed by atoms with Crippen molar-refractivity contribution in [2.45, 2.75) is 31.5 Å². The Morgan fingerprint density at radius 1 is 1.17 bits per heavy atom. The van der Waals surface area contributed by atoms with Gasteiger partial charge in [-0.2, -0.15) is 0 Å². The van der Waals surface area contributed by atoms with E-state index in [4.69, 9.17) is 35.0 Å². The monoisotopic (exact) mass is 326 g/mol. The van der Waals surface area contributed by atoms with Gasteiger partial charge in [-0.3, -0.25) is 4.57 Å². The molecule has 18 heavy (non-hydrogen) atoms. The molecule has 0 aliphatic heterocycles. The molecular formula is C6H20NNa2O7P2+. The third-order valence-corrected chi connectivity index (χ3v) is 2.59. The fourth-order valence-corrected chi connectivity index (χ4v) is 1.34. The van der Waals surface area contributed by atoms with Crippen molar-refractivity contribution in [3.05, 3.63) is 0 Å². The van der Waals surface area contributed by atoms with Crippen LogP contribution in [0.2, 0.25) is 0 Å². The Bertz CT molecular complexity index is 245. The van der Waals surface area contributed by atoms with Gasteiger partial charge in [-0.15, -0.1) is 9.79 Å². The molecule has 0 heterocycles. The molecule has 0 aliphatic rings. The van der Waals surface area contributed by atoms with Crippen LogP contribution in [0.4, 0.5) is 0 Å². The molecule has 0 saturated carbocycles. The number of hydrogen-bond donors (Lipinski definition) is 6. The van der Waals surface area contributed by atoms with Crippen molar-refractivity contribution in [3.8, 4) is 0 Å². The fourth-order valence-electron chi connectivity index (χ4n) is 0.816. The number of aliphatic hydroxyl groups is 1. The minimum absolute atomic E-state index is 0. The summed E-state index contributed by atoms with van der Waals surface area (Å²) in [4.78, 5) is 31.2. The summed E-state index contributed by atoms with van der Waals surface area (Å²) in [7, 11) is -7.15. The van der Waals surface area contributed by atoms with Crippen LogP contribution in [0.1, 0.15) is 28.5 Å². The molecule has 8 nitrogen and oxygen atoms in total. The molecule has 0 aromatic heterocycles. The predicted molar refractivity (Wildman–Crippen MR) is 59.8 cm³/mol. The summed E-state index contributed by atoms with van der Waals surface area (Å²) < 4.78 is 19.1. The molecule has 1 atom stereocenters. The van der Waals surface area contributed by atoms with Gasteiger partial charge in [0.1, 0.15) is 0 Å². The molecule has 0 aromatic rings. The average molecular weight is 326 g/mol. The number of hydrogen-bond acceptors (Lipinski definition) is 4. The molecule has 1 unspecified atom stereocenters. The second-order valence-corrected chi connectivity index (χ2v) is 5.24. The molecular weight excluding hydrogens is 306 g/mol. The summed E-state index contributed by atoms with van der Waals surface area (Å²) in [5, 5.41) is 8.89. The van der Waals surface area contributed by atoms with Gasteiger partial charge in [0.15, 0.2) is 5.85 Å². The maximum atomic E-state index is 10.4. The third-order valence-electron chi connectivity index (χ3n) is 1.55. The maximum Gasteiger partial charge on any atom is 1.00 e. The largest absolute Gasteiger partial charge is 1.00 e. The van der Waals surface area contributed by atoms with Gasteiger partial charge in [-0.1, -0.05) is 12.8 Å². The van der Waals surface area contributed by atoms with Crippen molar-refractivity contribution < 1.29 is 95.8 Å². The van der Waals surface area contributed by atoms with Crippen LogP contribution >= 0.6 is 15.9 Å². The molecule has 0 saturated heterocycles. The van der Waals surface area contributed by atoms with Gasteiger partial charge in [-0.25, -0.2) is 0 Å². The van der Waals surface area contributed by atoms with Crippen LogP contribution in [0.15, 0.2) is 0 Å². The van der Waals surface area contributed by atoms with Gasteiger partial charge in [0.2, 0.25) is 0 Å². The summed E-state index contributed by atoms with van der Waals surface area (Å²) in [5.74, 6) is -1.50. The van der Waals surface area contributed by atoms with E-state index < -0.39 is 21.7 Å². The van der Waals surface area contributed by atoms with Crippen LogP contribution in [0.5, 0.6) is 0 Å². The zero-order chi connectivity index (χ0) is 13.2. The summed E-state index contributed by atoms with van der Waals surface area (Å²) in [6.45, 7) is 0.575. The van der Waals surface area contributed by atoms with E-state index in [1.807, 2.05) is 0 Å². The van der Waals surface area contributed by atoms with Crippen LogP contribution in [0, 0.1) is 0 Å². The molecule has 0 aromatic carbocycles. The van der Waals surface area contributed by atoms with Gasteiger partial charge in [-0.05, 0) is 19.4 Å². The van der Waals surface area contributed by atoms with Crippen molar-refractivity contribution >= 4 is 15.9 Å². The van der Waals surface area contributed by atoms with Gasteiger partial charge >= 0.3 is 75.0 Å². The second kappa shape index (κ2) is 17.1. The molecule has 0 amide bonds. The SMILES string of the molecule is NCCCCCC(O)P(=O)(O)O.O=[P+](O)O.[H-].[H-].[Na+].[Na+]. The molecule has 0 radical (unpaired) electrons. The smallest absolute Gasteiger partial charge is 1.00 e. The van der Waals surface area contributed by atoms with Crippen LogP contribution in [-0.4, -0.2) is 37.1 Å². The van der Waals surface area contributed by atoms with E-state index in [0.717, 1.165) is 12.8 Å². The van der Waals surface area contributed by atoms with Gasteiger partial charge in [0.05, 0.1) is 0 Å². The molecule has 7 N–H and O–H groups in total. The summed E-state index contributed by atoms with van der Waals surface area (Å²) in [6.07, 6.45) is 2.37. The molecule has 0 fully saturated rings. The Kier molecular flexibility index (Phi) is 26.9. The number of nitrogens with two attached hydrogens (primary N) is 1. The first kappa shape index (κ1) is 28.3. The van der Waals surface area contributed by atoms with E-state index in [0.29, 0.717) is 13.0 Å². The Labute approximate surface area is 154 Å². The second-order valence-electron chi connectivity index (χ2n) is 2.96. The topological polar surface area (TPSA) is 161 Å². The van der Waals surface area contributed by atoms with Crippen molar-refractivity contribution in [1.29, 1.82) is 0 Å². The quantitative estimate of drug-likeness (QED) is 0.160. The van der Waals surface area contributed by atoms with E-state index in [-0.39, 0.29) is 68.4 Å². The Morgan fingerprint density at radius 2 is 1.56 bits per heavy atom. The van der Waals surface area contributed by atoms with Crippen LogP contribution in [0.25, 0.3) is 0 Å². The normalized spacial score (nSPS) is 11.2. The fraction of sp³-hybridized carbons (Fsp3) is 1.00. The molecule has 102 valence electrons. The van der Waals surface area contributed by atoms with Crippen LogP contribution < -0.4 is 64.8 Å². The van der Waals surface area contributed by atoms with E-state index in [9.17, 15) is 4.57 Å². The molecule has 0 bridgehead atoms.